The molecule has 1 N–H and O–H groups in total. The van der Waals surface area contributed by atoms with E-state index in [1.165, 1.54) is 10.4 Å². The number of para-hydroxylation sites is 1. The van der Waals surface area contributed by atoms with E-state index < -0.39 is 0 Å². The number of methoxy groups -OCH3 is 1. The maximum absolute atomic E-state index is 5.42. The van der Waals surface area contributed by atoms with Gasteiger partial charge in [-0.05, 0) is 45.7 Å². The average Bonchev–Trinajstić information content (AvgIpc) is 2.78. The third kappa shape index (κ3) is 4.05. The van der Waals surface area contributed by atoms with Gasteiger partial charge in [0.05, 0.1) is 17.8 Å². The summed E-state index contributed by atoms with van der Waals surface area (Å²) in [5.41, 5.74) is 2.38. The lowest BCUT2D eigenvalue weighted by atomic mass is 10.0. The van der Waals surface area contributed by atoms with E-state index in [1.807, 2.05) is 12.1 Å². The molecule has 0 spiro atoms. The number of nitrogens with zero attached hydrogens (tertiary/aromatic N) is 1. The van der Waals surface area contributed by atoms with Crippen molar-refractivity contribution < 1.29 is 4.74 Å². The molecule has 2 aromatic rings. The number of thiazole rings is 1. The number of aromatic nitrogens is 1. The van der Waals surface area contributed by atoms with E-state index in [0.29, 0.717) is 12.1 Å². The predicted octanol–water partition coefficient (Wildman–Crippen LogP) is 4.05. The summed E-state index contributed by atoms with van der Waals surface area (Å²) in [6.07, 6.45) is 0.950. The summed E-state index contributed by atoms with van der Waals surface area (Å²) in [5.74, 6) is 0.962. The van der Waals surface area contributed by atoms with Crippen LogP contribution in [0.1, 0.15) is 41.0 Å². The zero-order chi connectivity index (χ0) is 15.4. The van der Waals surface area contributed by atoms with Crippen molar-refractivity contribution >= 4 is 11.3 Å². The van der Waals surface area contributed by atoms with Crippen LogP contribution >= 0.6 is 11.3 Å². The van der Waals surface area contributed by atoms with E-state index in [1.54, 1.807) is 18.4 Å². The summed E-state index contributed by atoms with van der Waals surface area (Å²) in [7, 11) is 1.73. The van der Waals surface area contributed by atoms with Crippen molar-refractivity contribution in [1.29, 1.82) is 0 Å². The summed E-state index contributed by atoms with van der Waals surface area (Å²) in [6, 6.07) is 8.91. The van der Waals surface area contributed by atoms with Crippen LogP contribution in [0.5, 0.6) is 5.75 Å². The monoisotopic (exact) mass is 304 g/mol. The fraction of sp³-hybridized carbons (Fsp3) is 0.471. The molecule has 0 aliphatic carbocycles. The Morgan fingerprint density at radius 2 is 1.95 bits per heavy atom. The molecule has 2 rings (SSSR count). The van der Waals surface area contributed by atoms with Crippen molar-refractivity contribution in [3.8, 4) is 5.75 Å². The molecule has 0 saturated heterocycles. The maximum Gasteiger partial charge on any atom is 0.122 e. The Morgan fingerprint density at radius 1 is 1.24 bits per heavy atom. The van der Waals surface area contributed by atoms with Gasteiger partial charge in [-0.1, -0.05) is 18.2 Å². The van der Waals surface area contributed by atoms with Gasteiger partial charge in [-0.3, -0.25) is 0 Å². The molecule has 0 saturated carbocycles. The number of hydrogen-bond acceptors (Lipinski definition) is 4. The molecule has 0 fully saturated rings. The number of benzene rings is 1. The van der Waals surface area contributed by atoms with Crippen molar-refractivity contribution in [2.75, 3.05) is 7.11 Å². The second-order valence-corrected chi connectivity index (χ2v) is 6.72. The van der Waals surface area contributed by atoms with Gasteiger partial charge in [-0.2, -0.15) is 0 Å². The summed E-state index contributed by atoms with van der Waals surface area (Å²) in [4.78, 5) is 5.84. The Hall–Kier alpha value is -1.39. The highest BCUT2D eigenvalue weighted by Gasteiger charge is 2.16. The van der Waals surface area contributed by atoms with Crippen molar-refractivity contribution in [1.82, 2.24) is 10.3 Å². The first-order chi connectivity index (χ1) is 10.0. The number of rotatable bonds is 6. The Morgan fingerprint density at radius 3 is 2.57 bits per heavy atom. The van der Waals surface area contributed by atoms with Crippen molar-refractivity contribution in [2.24, 2.45) is 0 Å². The number of aryl methyl sites for hydroxylation is 2. The topological polar surface area (TPSA) is 34.1 Å². The molecule has 0 aliphatic heterocycles. The number of ether oxygens (including phenoxy) is 1. The summed E-state index contributed by atoms with van der Waals surface area (Å²) < 4.78 is 5.42. The van der Waals surface area contributed by atoms with Crippen LogP contribution in [0.15, 0.2) is 24.3 Å². The van der Waals surface area contributed by atoms with Crippen LogP contribution in [0, 0.1) is 13.8 Å². The molecule has 1 aromatic carbocycles. The Bertz CT molecular complexity index is 594. The second-order valence-electron chi connectivity index (χ2n) is 5.49. The fourth-order valence-corrected chi connectivity index (χ4v) is 3.65. The number of nitrogens with one attached hydrogen (secondary N) is 1. The fourth-order valence-electron chi connectivity index (χ4n) is 2.71. The van der Waals surface area contributed by atoms with E-state index in [9.17, 15) is 0 Å². The smallest absolute Gasteiger partial charge is 0.122 e. The van der Waals surface area contributed by atoms with Gasteiger partial charge in [0.1, 0.15) is 5.75 Å². The molecule has 21 heavy (non-hydrogen) atoms. The Labute approximate surface area is 131 Å². The molecule has 0 bridgehead atoms. The molecule has 0 radical (unpaired) electrons. The van der Waals surface area contributed by atoms with Gasteiger partial charge in [0, 0.05) is 17.0 Å². The van der Waals surface area contributed by atoms with Crippen molar-refractivity contribution in [3.63, 3.8) is 0 Å². The molecule has 0 amide bonds. The van der Waals surface area contributed by atoms with Gasteiger partial charge in [-0.15, -0.1) is 11.3 Å². The number of hydrogen-bond donors (Lipinski definition) is 1. The lowest BCUT2D eigenvalue weighted by Gasteiger charge is -2.20. The highest BCUT2D eigenvalue weighted by molar-refractivity contribution is 7.11. The zero-order valence-corrected chi connectivity index (χ0v) is 14.3. The molecule has 1 heterocycles. The Kier molecular flexibility index (Phi) is 5.37. The van der Waals surface area contributed by atoms with Crippen LogP contribution < -0.4 is 10.1 Å². The van der Waals surface area contributed by atoms with Crippen LogP contribution in [-0.2, 0) is 6.42 Å². The van der Waals surface area contributed by atoms with Crippen LogP contribution in [0.4, 0.5) is 0 Å². The van der Waals surface area contributed by atoms with Gasteiger partial charge >= 0.3 is 0 Å². The third-order valence-electron chi connectivity index (χ3n) is 3.59. The standard InChI is InChI=1S/C17H24N2OS/c1-11(10-15-8-6-7-9-16(15)20-5)18-12(2)17-13(3)19-14(4)21-17/h6-9,11-12,18H,10H2,1-5H3. The average molecular weight is 304 g/mol. The van der Waals surface area contributed by atoms with Crippen molar-refractivity contribution in [2.45, 2.75) is 46.2 Å². The van der Waals surface area contributed by atoms with E-state index in [4.69, 9.17) is 4.74 Å². The highest BCUT2D eigenvalue weighted by atomic mass is 32.1. The van der Waals surface area contributed by atoms with Crippen LogP contribution in [0.2, 0.25) is 0 Å². The molecule has 1 aromatic heterocycles. The minimum absolute atomic E-state index is 0.320. The Balaban J connectivity index is 2.01. The maximum atomic E-state index is 5.42. The van der Waals surface area contributed by atoms with Crippen molar-refractivity contribution in [3.05, 3.63) is 45.4 Å². The lowest BCUT2D eigenvalue weighted by Crippen LogP contribution is -2.30. The normalized spacial score (nSPS) is 14.0. The van der Waals surface area contributed by atoms with E-state index in [2.05, 4.69) is 50.1 Å². The third-order valence-corrected chi connectivity index (χ3v) is 4.84. The van der Waals surface area contributed by atoms with Gasteiger partial charge in [-0.25, -0.2) is 4.98 Å². The highest BCUT2D eigenvalue weighted by Crippen LogP contribution is 2.25. The van der Waals surface area contributed by atoms with Crippen LogP contribution in [0.25, 0.3) is 0 Å². The van der Waals surface area contributed by atoms with Gasteiger partial charge in [0.15, 0.2) is 0 Å². The quantitative estimate of drug-likeness (QED) is 0.874. The summed E-state index contributed by atoms with van der Waals surface area (Å²) >= 11 is 1.78. The van der Waals surface area contributed by atoms with Gasteiger partial charge in [0.2, 0.25) is 0 Å². The summed E-state index contributed by atoms with van der Waals surface area (Å²) in [6.45, 7) is 8.57. The zero-order valence-electron chi connectivity index (χ0n) is 13.4. The molecule has 3 nitrogen and oxygen atoms in total. The minimum Gasteiger partial charge on any atom is -0.496 e. The molecule has 114 valence electrons. The van der Waals surface area contributed by atoms with E-state index >= 15 is 0 Å². The molecule has 2 unspecified atom stereocenters. The van der Waals surface area contributed by atoms with E-state index in [0.717, 1.165) is 22.9 Å². The SMILES string of the molecule is COc1ccccc1CC(C)NC(C)c1sc(C)nc1C. The minimum atomic E-state index is 0.320. The lowest BCUT2D eigenvalue weighted by molar-refractivity contribution is 0.403. The largest absolute Gasteiger partial charge is 0.496 e. The van der Waals surface area contributed by atoms with Crippen LogP contribution in [0.3, 0.4) is 0 Å². The molecule has 0 aliphatic rings. The summed E-state index contributed by atoms with van der Waals surface area (Å²) in [5, 5.41) is 4.80. The second kappa shape index (κ2) is 7.05. The van der Waals surface area contributed by atoms with E-state index in [-0.39, 0.29) is 0 Å². The first kappa shape index (κ1) is 16.0. The first-order valence-electron chi connectivity index (χ1n) is 7.33. The molecular formula is C17H24N2OS. The predicted molar refractivity (Wildman–Crippen MR) is 89.3 cm³/mol. The van der Waals surface area contributed by atoms with Gasteiger partial charge < -0.3 is 10.1 Å². The molecule has 4 heteroatoms. The van der Waals surface area contributed by atoms with Gasteiger partial charge in [0.25, 0.3) is 0 Å². The molecular weight excluding hydrogens is 280 g/mol. The first-order valence-corrected chi connectivity index (χ1v) is 8.14. The van der Waals surface area contributed by atoms with Crippen LogP contribution in [-0.4, -0.2) is 18.1 Å². The molecule has 2 atom stereocenters.